The van der Waals surface area contributed by atoms with E-state index in [1.54, 1.807) is 45.0 Å². The zero-order chi connectivity index (χ0) is 21.8. The zero-order valence-corrected chi connectivity index (χ0v) is 17.5. The predicted molar refractivity (Wildman–Crippen MR) is 109 cm³/mol. The van der Waals surface area contributed by atoms with Gasteiger partial charge in [0.1, 0.15) is 11.8 Å². The van der Waals surface area contributed by atoms with Crippen LogP contribution in [-0.4, -0.2) is 32.9 Å². The second kappa shape index (κ2) is 8.62. The zero-order valence-electron chi connectivity index (χ0n) is 16.7. The van der Waals surface area contributed by atoms with Crippen molar-refractivity contribution in [2.75, 3.05) is 7.11 Å². The summed E-state index contributed by atoms with van der Waals surface area (Å²) in [6, 6.07) is 10.5. The first-order chi connectivity index (χ1) is 13.4. The molecule has 29 heavy (non-hydrogen) atoms. The van der Waals surface area contributed by atoms with Crippen LogP contribution >= 0.6 is 0 Å². The van der Waals surface area contributed by atoms with Crippen molar-refractivity contribution in [3.8, 4) is 5.75 Å². The van der Waals surface area contributed by atoms with E-state index in [4.69, 9.17) is 10.5 Å². The first-order valence-corrected chi connectivity index (χ1v) is 10.3. The van der Waals surface area contributed by atoms with E-state index >= 15 is 0 Å². The molecule has 1 atom stereocenters. The molecular formula is C20H25N3O5S. The van der Waals surface area contributed by atoms with E-state index in [-0.39, 0.29) is 10.5 Å². The average molecular weight is 420 g/mol. The molecular weight excluding hydrogens is 394 g/mol. The van der Waals surface area contributed by atoms with Gasteiger partial charge in [-0.25, -0.2) is 8.42 Å². The third kappa shape index (κ3) is 6.03. The van der Waals surface area contributed by atoms with Gasteiger partial charge in [-0.1, -0.05) is 12.1 Å². The van der Waals surface area contributed by atoms with Crippen molar-refractivity contribution < 1.29 is 22.7 Å². The van der Waals surface area contributed by atoms with E-state index in [1.807, 2.05) is 0 Å². The van der Waals surface area contributed by atoms with E-state index < -0.39 is 33.4 Å². The highest BCUT2D eigenvalue weighted by atomic mass is 32.2. The molecule has 0 aliphatic heterocycles. The Morgan fingerprint density at radius 1 is 1.00 bits per heavy atom. The standard InChI is InChI=1S/C20H25N3O5S/c1-20(2,3)22-19(25)17(13-5-9-15(28-4)10-6-13)23-29(26,27)16-11-7-14(8-12-16)18(21)24/h5-12,17,23H,1-4H3,(H2,21,24)(H,22,25). The van der Waals surface area contributed by atoms with Crippen LogP contribution in [0, 0.1) is 0 Å². The summed E-state index contributed by atoms with van der Waals surface area (Å²) < 4.78 is 33.3. The molecule has 0 saturated heterocycles. The third-order valence-corrected chi connectivity index (χ3v) is 5.37. The Morgan fingerprint density at radius 3 is 2.00 bits per heavy atom. The van der Waals surface area contributed by atoms with Crippen LogP contribution in [0.3, 0.4) is 0 Å². The first kappa shape index (κ1) is 22.4. The van der Waals surface area contributed by atoms with Crippen LogP contribution in [0.5, 0.6) is 5.75 Å². The minimum Gasteiger partial charge on any atom is -0.497 e. The van der Waals surface area contributed by atoms with Crippen LogP contribution in [0.4, 0.5) is 0 Å². The van der Waals surface area contributed by atoms with Crippen LogP contribution in [0.1, 0.15) is 42.7 Å². The van der Waals surface area contributed by atoms with Gasteiger partial charge >= 0.3 is 0 Å². The van der Waals surface area contributed by atoms with Crippen molar-refractivity contribution >= 4 is 21.8 Å². The fraction of sp³-hybridized carbons (Fsp3) is 0.300. The van der Waals surface area contributed by atoms with Crippen LogP contribution in [0.2, 0.25) is 0 Å². The quantitative estimate of drug-likeness (QED) is 0.630. The molecule has 0 heterocycles. The van der Waals surface area contributed by atoms with E-state index in [0.29, 0.717) is 11.3 Å². The summed E-state index contributed by atoms with van der Waals surface area (Å²) in [6.45, 7) is 5.40. The van der Waals surface area contributed by atoms with Gasteiger partial charge in [0.05, 0.1) is 12.0 Å². The number of primary amides is 1. The lowest BCUT2D eigenvalue weighted by Gasteiger charge is -2.26. The van der Waals surface area contributed by atoms with Gasteiger partial charge in [-0.3, -0.25) is 9.59 Å². The predicted octanol–water partition coefficient (Wildman–Crippen LogP) is 1.73. The van der Waals surface area contributed by atoms with E-state index in [9.17, 15) is 18.0 Å². The summed E-state index contributed by atoms with van der Waals surface area (Å²) in [5, 5.41) is 2.79. The van der Waals surface area contributed by atoms with Crippen LogP contribution in [0.15, 0.2) is 53.4 Å². The maximum absolute atomic E-state index is 12.9. The fourth-order valence-electron chi connectivity index (χ4n) is 2.53. The number of nitrogens with one attached hydrogen (secondary N) is 2. The summed E-state index contributed by atoms with van der Waals surface area (Å²) in [5.41, 5.74) is 5.26. The van der Waals surface area contributed by atoms with Gasteiger partial charge in [0.15, 0.2) is 0 Å². The Hall–Kier alpha value is -2.91. The molecule has 1 unspecified atom stereocenters. The molecule has 156 valence electrons. The van der Waals surface area contributed by atoms with Gasteiger partial charge in [0, 0.05) is 11.1 Å². The van der Waals surface area contributed by atoms with Gasteiger partial charge in [-0.2, -0.15) is 4.72 Å². The minimum atomic E-state index is -4.06. The summed E-state index contributed by atoms with van der Waals surface area (Å²) in [4.78, 5) is 23.9. The molecule has 0 saturated carbocycles. The maximum Gasteiger partial charge on any atom is 0.248 e. The Kier molecular flexibility index (Phi) is 6.66. The van der Waals surface area contributed by atoms with Gasteiger partial charge in [-0.05, 0) is 62.7 Å². The van der Waals surface area contributed by atoms with E-state index in [2.05, 4.69) is 10.0 Å². The first-order valence-electron chi connectivity index (χ1n) is 8.81. The molecule has 0 bridgehead atoms. The second-order valence-corrected chi connectivity index (χ2v) is 9.17. The number of ether oxygens (including phenoxy) is 1. The highest BCUT2D eigenvalue weighted by Crippen LogP contribution is 2.22. The lowest BCUT2D eigenvalue weighted by molar-refractivity contribution is -0.124. The number of sulfonamides is 1. The molecule has 8 nitrogen and oxygen atoms in total. The SMILES string of the molecule is COc1ccc(C(NS(=O)(=O)c2ccc(C(N)=O)cc2)C(=O)NC(C)(C)C)cc1. The molecule has 0 aliphatic carbocycles. The Balaban J connectivity index is 2.39. The lowest BCUT2D eigenvalue weighted by Crippen LogP contribution is -2.47. The van der Waals surface area contributed by atoms with Gasteiger partial charge in [0.2, 0.25) is 21.8 Å². The number of rotatable bonds is 7. The Bertz CT molecular complexity index is 978. The van der Waals surface area contributed by atoms with Gasteiger partial charge in [0.25, 0.3) is 0 Å². The number of hydrogen-bond donors (Lipinski definition) is 3. The average Bonchev–Trinajstić information content (AvgIpc) is 2.65. The Morgan fingerprint density at radius 2 is 1.55 bits per heavy atom. The number of benzene rings is 2. The Labute approximate surface area is 170 Å². The molecule has 0 spiro atoms. The molecule has 9 heteroatoms. The monoisotopic (exact) mass is 419 g/mol. The molecule has 0 aliphatic rings. The van der Waals surface area contributed by atoms with Crippen molar-refractivity contribution in [3.63, 3.8) is 0 Å². The van der Waals surface area contributed by atoms with Gasteiger partial charge in [-0.15, -0.1) is 0 Å². The minimum absolute atomic E-state index is 0.0930. The number of amides is 2. The molecule has 0 fully saturated rings. The van der Waals surface area contributed by atoms with Crippen molar-refractivity contribution in [1.82, 2.24) is 10.0 Å². The van der Waals surface area contributed by atoms with Crippen molar-refractivity contribution in [3.05, 3.63) is 59.7 Å². The fourth-order valence-corrected chi connectivity index (χ4v) is 3.72. The molecule has 0 aromatic heterocycles. The van der Waals surface area contributed by atoms with Crippen LogP contribution < -0.4 is 20.5 Å². The van der Waals surface area contributed by atoms with E-state index in [1.165, 1.54) is 31.4 Å². The summed E-state index contributed by atoms with van der Waals surface area (Å²) in [5.74, 6) is -0.587. The van der Waals surface area contributed by atoms with Crippen molar-refractivity contribution in [1.29, 1.82) is 0 Å². The number of nitrogens with two attached hydrogens (primary N) is 1. The number of carbonyl (C=O) groups is 2. The van der Waals surface area contributed by atoms with E-state index in [0.717, 1.165) is 0 Å². The highest BCUT2D eigenvalue weighted by molar-refractivity contribution is 7.89. The maximum atomic E-state index is 12.9. The smallest absolute Gasteiger partial charge is 0.248 e. The summed E-state index contributed by atoms with van der Waals surface area (Å²) in [6.07, 6.45) is 0. The van der Waals surface area contributed by atoms with Crippen molar-refractivity contribution in [2.24, 2.45) is 5.73 Å². The topological polar surface area (TPSA) is 128 Å². The normalized spacial score (nSPS) is 12.8. The molecule has 4 N–H and O–H groups in total. The molecule has 2 amide bonds. The number of carbonyl (C=O) groups excluding carboxylic acids is 2. The number of hydrogen-bond acceptors (Lipinski definition) is 5. The summed E-state index contributed by atoms with van der Waals surface area (Å²) >= 11 is 0. The van der Waals surface area contributed by atoms with Crippen LogP contribution in [-0.2, 0) is 14.8 Å². The molecule has 0 radical (unpaired) electrons. The summed E-state index contributed by atoms with van der Waals surface area (Å²) in [7, 11) is -2.55. The van der Waals surface area contributed by atoms with Gasteiger partial charge < -0.3 is 15.8 Å². The molecule has 2 aromatic carbocycles. The molecule has 2 rings (SSSR count). The lowest BCUT2D eigenvalue weighted by atomic mass is 10.0. The van der Waals surface area contributed by atoms with Crippen LogP contribution in [0.25, 0.3) is 0 Å². The van der Waals surface area contributed by atoms with Crippen molar-refractivity contribution in [2.45, 2.75) is 37.2 Å². The second-order valence-electron chi connectivity index (χ2n) is 7.46. The third-order valence-electron chi connectivity index (χ3n) is 3.93. The largest absolute Gasteiger partial charge is 0.497 e. The molecule has 2 aromatic rings. The highest BCUT2D eigenvalue weighted by Gasteiger charge is 2.29. The number of methoxy groups -OCH3 is 1.